The molecule has 0 amide bonds. The maximum atomic E-state index is 11.4. The van der Waals surface area contributed by atoms with E-state index in [1.54, 1.807) is 4.57 Å². The summed E-state index contributed by atoms with van der Waals surface area (Å²) in [6.45, 7) is 2.19. The summed E-state index contributed by atoms with van der Waals surface area (Å²) in [5, 5.41) is 0. The molecule has 0 aliphatic rings. The van der Waals surface area contributed by atoms with E-state index in [0.717, 1.165) is 16.6 Å². The van der Waals surface area contributed by atoms with Crippen LogP contribution in [0.5, 0.6) is 0 Å². The number of hydrogen-bond donors (Lipinski definition) is 0. The summed E-state index contributed by atoms with van der Waals surface area (Å²) in [6, 6.07) is 6.33. The van der Waals surface area contributed by atoms with Crippen molar-refractivity contribution in [3.63, 3.8) is 0 Å². The largest absolute Gasteiger partial charge is 0.307 e. The van der Waals surface area contributed by atoms with Gasteiger partial charge in [-0.25, -0.2) is 0 Å². The minimum Gasteiger partial charge on any atom is -0.302 e. The lowest BCUT2D eigenvalue weighted by Gasteiger charge is -2.00. The van der Waals surface area contributed by atoms with E-state index in [4.69, 9.17) is 0 Å². The van der Waals surface area contributed by atoms with E-state index in [-0.39, 0.29) is 4.87 Å². The smallest absolute Gasteiger partial charge is 0.302 e. The van der Waals surface area contributed by atoms with Crippen molar-refractivity contribution in [2.24, 2.45) is 7.05 Å². The first-order valence-corrected chi connectivity index (χ1v) is 6.12. The second kappa shape index (κ2) is 4.19. The normalized spacial score (nSPS) is 11.1. The second-order valence-corrected chi connectivity index (χ2v) is 4.83. The summed E-state index contributed by atoms with van der Waals surface area (Å²) >= 11 is 1.33. The monoisotopic (exact) mass is 221 g/mol. The molecule has 0 N–H and O–H groups in total. The Bertz CT molecular complexity index is 524. The molecule has 0 unspecified atom stereocenters. The number of benzene rings is 1. The number of aromatic nitrogens is 1. The Hall–Kier alpha value is -1.09. The maximum absolute atomic E-state index is 11.4. The van der Waals surface area contributed by atoms with Gasteiger partial charge < -0.3 is 4.57 Å². The van der Waals surface area contributed by atoms with E-state index >= 15 is 0 Å². The Labute approximate surface area is 93.2 Å². The summed E-state index contributed by atoms with van der Waals surface area (Å²) < 4.78 is 2.82. The lowest BCUT2D eigenvalue weighted by molar-refractivity contribution is 0.796. The van der Waals surface area contributed by atoms with Crippen LogP contribution in [-0.2, 0) is 13.5 Å². The fourth-order valence-corrected chi connectivity index (χ4v) is 2.66. The summed E-state index contributed by atoms with van der Waals surface area (Å²) in [5.41, 5.74) is 2.39. The summed E-state index contributed by atoms with van der Waals surface area (Å²) in [4.78, 5) is 11.6. The van der Waals surface area contributed by atoms with Crippen LogP contribution in [0.15, 0.2) is 23.0 Å². The summed E-state index contributed by atoms with van der Waals surface area (Å²) in [7, 11) is 1.83. The zero-order valence-electron chi connectivity index (χ0n) is 9.12. The topological polar surface area (TPSA) is 22.0 Å². The Morgan fingerprint density at radius 3 is 2.93 bits per heavy atom. The average Bonchev–Trinajstić information content (AvgIpc) is 2.52. The van der Waals surface area contributed by atoms with Gasteiger partial charge in [-0.15, -0.1) is 0 Å². The van der Waals surface area contributed by atoms with E-state index < -0.39 is 0 Å². The Balaban J connectivity index is 2.43. The zero-order chi connectivity index (χ0) is 10.8. The van der Waals surface area contributed by atoms with Gasteiger partial charge >= 0.3 is 4.87 Å². The Morgan fingerprint density at radius 2 is 2.20 bits per heavy atom. The highest BCUT2D eigenvalue weighted by Gasteiger charge is 2.04. The van der Waals surface area contributed by atoms with E-state index in [9.17, 15) is 4.79 Å². The molecule has 0 fully saturated rings. The molecule has 0 aliphatic carbocycles. The molecule has 0 aliphatic heterocycles. The average molecular weight is 221 g/mol. The molecule has 2 nitrogen and oxygen atoms in total. The van der Waals surface area contributed by atoms with Crippen LogP contribution in [0.25, 0.3) is 10.2 Å². The Morgan fingerprint density at radius 1 is 1.40 bits per heavy atom. The van der Waals surface area contributed by atoms with Crippen LogP contribution in [-0.4, -0.2) is 4.57 Å². The molecule has 0 saturated heterocycles. The van der Waals surface area contributed by atoms with Crippen LogP contribution >= 0.6 is 11.3 Å². The minimum atomic E-state index is 0.123. The molecular weight excluding hydrogens is 206 g/mol. The van der Waals surface area contributed by atoms with Crippen molar-refractivity contribution >= 4 is 21.6 Å². The van der Waals surface area contributed by atoms with Crippen molar-refractivity contribution in [3.05, 3.63) is 33.4 Å². The molecule has 80 valence electrons. The van der Waals surface area contributed by atoms with Crippen LogP contribution in [0.1, 0.15) is 25.3 Å². The number of fused-ring (bicyclic) bond motifs is 1. The van der Waals surface area contributed by atoms with Gasteiger partial charge in [0, 0.05) is 7.05 Å². The quantitative estimate of drug-likeness (QED) is 0.781. The van der Waals surface area contributed by atoms with Crippen molar-refractivity contribution < 1.29 is 0 Å². The molecule has 15 heavy (non-hydrogen) atoms. The standard InChI is InChI=1S/C12H15NOS/c1-3-4-5-9-6-7-10-11(8-9)15-12(14)13(10)2/h6-8H,3-5H2,1-2H3. The first-order valence-electron chi connectivity index (χ1n) is 5.31. The van der Waals surface area contributed by atoms with Crippen LogP contribution in [0.3, 0.4) is 0 Å². The van der Waals surface area contributed by atoms with Gasteiger partial charge in [0.05, 0.1) is 10.2 Å². The summed E-state index contributed by atoms with van der Waals surface area (Å²) in [5.74, 6) is 0. The first kappa shape index (κ1) is 10.4. The lowest BCUT2D eigenvalue weighted by Crippen LogP contribution is -2.06. The molecule has 2 rings (SSSR count). The molecular formula is C12H15NOS. The third kappa shape index (κ3) is 1.97. The number of unbranched alkanes of at least 4 members (excludes halogenated alkanes) is 1. The number of hydrogen-bond acceptors (Lipinski definition) is 2. The van der Waals surface area contributed by atoms with E-state index in [0.29, 0.717) is 0 Å². The molecule has 2 aromatic rings. The SMILES string of the molecule is CCCCc1ccc2c(c1)sc(=O)n2C. The predicted molar refractivity (Wildman–Crippen MR) is 65.7 cm³/mol. The van der Waals surface area contributed by atoms with Crippen molar-refractivity contribution in [1.82, 2.24) is 4.57 Å². The molecule has 0 atom stereocenters. The molecule has 0 saturated carbocycles. The molecule has 1 aromatic carbocycles. The molecule has 0 spiro atoms. The number of rotatable bonds is 3. The fraction of sp³-hybridized carbons (Fsp3) is 0.417. The van der Waals surface area contributed by atoms with Gasteiger partial charge in [-0.3, -0.25) is 4.79 Å². The number of aryl methyl sites for hydroxylation is 2. The van der Waals surface area contributed by atoms with Crippen molar-refractivity contribution in [2.75, 3.05) is 0 Å². The van der Waals surface area contributed by atoms with E-state index in [1.807, 2.05) is 7.05 Å². The Kier molecular flexibility index (Phi) is 2.91. The van der Waals surface area contributed by atoms with E-state index in [2.05, 4.69) is 25.1 Å². The van der Waals surface area contributed by atoms with Crippen molar-refractivity contribution in [3.8, 4) is 0 Å². The maximum Gasteiger partial charge on any atom is 0.307 e. The van der Waals surface area contributed by atoms with Gasteiger partial charge in [-0.1, -0.05) is 30.7 Å². The van der Waals surface area contributed by atoms with Gasteiger partial charge in [0.2, 0.25) is 0 Å². The first-order chi connectivity index (χ1) is 7.22. The molecule has 3 heteroatoms. The predicted octanol–water partition coefficient (Wildman–Crippen LogP) is 2.94. The third-order valence-electron chi connectivity index (χ3n) is 2.68. The van der Waals surface area contributed by atoms with Crippen LogP contribution in [0.2, 0.25) is 0 Å². The minimum absolute atomic E-state index is 0.123. The highest BCUT2D eigenvalue weighted by molar-refractivity contribution is 7.16. The van der Waals surface area contributed by atoms with Gasteiger partial charge in [0.15, 0.2) is 0 Å². The third-order valence-corrected chi connectivity index (χ3v) is 3.67. The molecule has 1 aromatic heterocycles. The summed E-state index contributed by atoms with van der Waals surface area (Å²) in [6.07, 6.45) is 3.54. The molecule has 1 heterocycles. The van der Waals surface area contributed by atoms with Gasteiger partial charge in [0.1, 0.15) is 0 Å². The van der Waals surface area contributed by atoms with Gasteiger partial charge in [0.25, 0.3) is 0 Å². The second-order valence-electron chi connectivity index (χ2n) is 3.83. The fourth-order valence-electron chi connectivity index (χ4n) is 1.71. The number of nitrogens with zero attached hydrogens (tertiary/aromatic N) is 1. The van der Waals surface area contributed by atoms with Gasteiger partial charge in [-0.05, 0) is 30.5 Å². The van der Waals surface area contributed by atoms with Crippen LogP contribution in [0, 0.1) is 0 Å². The van der Waals surface area contributed by atoms with Crippen LogP contribution < -0.4 is 4.87 Å². The van der Waals surface area contributed by atoms with Crippen molar-refractivity contribution in [2.45, 2.75) is 26.2 Å². The molecule has 0 bridgehead atoms. The molecule has 0 radical (unpaired) electrons. The number of thiazole rings is 1. The lowest BCUT2D eigenvalue weighted by atomic mass is 10.1. The zero-order valence-corrected chi connectivity index (χ0v) is 9.93. The highest BCUT2D eigenvalue weighted by atomic mass is 32.1. The van der Waals surface area contributed by atoms with Crippen LogP contribution in [0.4, 0.5) is 0 Å². The highest BCUT2D eigenvalue weighted by Crippen LogP contribution is 2.19. The van der Waals surface area contributed by atoms with Gasteiger partial charge in [-0.2, -0.15) is 0 Å². The van der Waals surface area contributed by atoms with E-state index in [1.165, 1.54) is 29.7 Å². The van der Waals surface area contributed by atoms with Crippen molar-refractivity contribution in [1.29, 1.82) is 0 Å².